The average molecular weight is 468 g/mol. The number of amides is 1. The van der Waals surface area contributed by atoms with E-state index in [0.29, 0.717) is 40.0 Å². The highest BCUT2D eigenvalue weighted by Crippen LogP contribution is 2.25. The number of ether oxygens (including phenoxy) is 3. The minimum atomic E-state index is -0.419. The Bertz CT molecular complexity index is 1200. The predicted molar refractivity (Wildman–Crippen MR) is 128 cm³/mol. The summed E-state index contributed by atoms with van der Waals surface area (Å²) in [4.78, 5) is 30.6. The van der Waals surface area contributed by atoms with E-state index in [-0.39, 0.29) is 31.7 Å². The predicted octanol–water partition coefficient (Wildman–Crippen LogP) is 2.63. The standard InChI is InChI=1S/C25H29N3O6/c1-16-5-10-22(33-4)21(13-16)27-24(30)14-28-23(26-17(2)20(11-12-29)25(28)31)15-34-19-8-6-18(32-3)7-9-19/h5-10,13,29H,11-12,14-15H2,1-4H3,(H,27,30). The number of aryl methyl sites for hydroxylation is 2. The lowest BCUT2D eigenvalue weighted by Crippen LogP contribution is -2.34. The molecular formula is C25H29N3O6. The summed E-state index contributed by atoms with van der Waals surface area (Å²) in [6.07, 6.45) is 0.143. The molecule has 1 aromatic heterocycles. The quantitative estimate of drug-likeness (QED) is 0.471. The number of nitrogens with one attached hydrogen (secondary N) is 1. The molecule has 1 heterocycles. The summed E-state index contributed by atoms with van der Waals surface area (Å²) in [5.41, 5.74) is 1.92. The summed E-state index contributed by atoms with van der Waals surface area (Å²) in [5.74, 6) is 1.64. The van der Waals surface area contributed by atoms with Crippen molar-refractivity contribution in [3.05, 3.63) is 75.5 Å². The summed E-state index contributed by atoms with van der Waals surface area (Å²) in [6.45, 7) is 3.10. The number of aliphatic hydroxyl groups excluding tert-OH is 1. The van der Waals surface area contributed by atoms with Crippen LogP contribution in [0.1, 0.15) is 22.6 Å². The van der Waals surface area contributed by atoms with Crippen LogP contribution in [0.5, 0.6) is 17.2 Å². The van der Waals surface area contributed by atoms with Crippen molar-refractivity contribution >= 4 is 11.6 Å². The topological polar surface area (TPSA) is 112 Å². The zero-order valence-corrected chi connectivity index (χ0v) is 19.8. The van der Waals surface area contributed by atoms with E-state index in [2.05, 4.69) is 10.3 Å². The Morgan fingerprint density at radius 1 is 1.06 bits per heavy atom. The number of hydrogen-bond acceptors (Lipinski definition) is 7. The Balaban J connectivity index is 1.88. The number of aromatic nitrogens is 2. The van der Waals surface area contributed by atoms with Crippen molar-refractivity contribution in [3.8, 4) is 17.2 Å². The second-order valence-corrected chi connectivity index (χ2v) is 7.67. The maximum atomic E-state index is 13.2. The molecule has 0 radical (unpaired) electrons. The lowest BCUT2D eigenvalue weighted by Gasteiger charge is -2.17. The fourth-order valence-electron chi connectivity index (χ4n) is 3.50. The van der Waals surface area contributed by atoms with Gasteiger partial charge in [-0.2, -0.15) is 0 Å². The zero-order chi connectivity index (χ0) is 24.7. The first kappa shape index (κ1) is 24.8. The number of hydrogen-bond donors (Lipinski definition) is 2. The van der Waals surface area contributed by atoms with Crippen molar-refractivity contribution in [2.75, 3.05) is 26.1 Å². The highest BCUT2D eigenvalue weighted by Gasteiger charge is 2.18. The van der Waals surface area contributed by atoms with E-state index < -0.39 is 5.91 Å². The van der Waals surface area contributed by atoms with Gasteiger partial charge in [-0.25, -0.2) is 4.98 Å². The van der Waals surface area contributed by atoms with Gasteiger partial charge in [0.05, 0.1) is 19.9 Å². The maximum Gasteiger partial charge on any atom is 0.257 e. The van der Waals surface area contributed by atoms with Crippen molar-refractivity contribution < 1.29 is 24.1 Å². The Labute approximate surface area is 197 Å². The smallest absolute Gasteiger partial charge is 0.257 e. The first-order valence-corrected chi connectivity index (χ1v) is 10.8. The van der Waals surface area contributed by atoms with Gasteiger partial charge in [0, 0.05) is 24.3 Å². The lowest BCUT2D eigenvalue weighted by atomic mass is 10.1. The Kier molecular flexibility index (Phi) is 8.26. The Morgan fingerprint density at radius 3 is 2.41 bits per heavy atom. The van der Waals surface area contributed by atoms with Gasteiger partial charge in [-0.15, -0.1) is 0 Å². The number of anilines is 1. The molecule has 2 aromatic carbocycles. The Hall–Kier alpha value is -3.85. The SMILES string of the molecule is COc1ccc(OCc2nc(C)c(CCO)c(=O)n2CC(=O)Nc2cc(C)ccc2OC)cc1. The zero-order valence-electron chi connectivity index (χ0n) is 19.8. The molecule has 3 rings (SSSR count). The van der Waals surface area contributed by atoms with Crippen molar-refractivity contribution in [3.63, 3.8) is 0 Å². The lowest BCUT2D eigenvalue weighted by molar-refractivity contribution is -0.116. The van der Waals surface area contributed by atoms with E-state index in [1.165, 1.54) is 11.7 Å². The molecule has 0 atom stereocenters. The van der Waals surface area contributed by atoms with Crippen LogP contribution in [0.3, 0.4) is 0 Å². The van der Waals surface area contributed by atoms with E-state index in [1.807, 2.05) is 13.0 Å². The summed E-state index contributed by atoms with van der Waals surface area (Å²) >= 11 is 0. The molecule has 34 heavy (non-hydrogen) atoms. The number of aliphatic hydroxyl groups is 1. The largest absolute Gasteiger partial charge is 0.497 e. The van der Waals surface area contributed by atoms with Gasteiger partial charge < -0.3 is 24.6 Å². The second kappa shape index (κ2) is 11.3. The van der Waals surface area contributed by atoms with Crippen LogP contribution < -0.4 is 25.1 Å². The molecule has 3 aromatic rings. The van der Waals surface area contributed by atoms with Crippen LogP contribution in [0, 0.1) is 13.8 Å². The van der Waals surface area contributed by atoms with E-state index in [1.54, 1.807) is 50.4 Å². The van der Waals surface area contributed by atoms with Crippen LogP contribution in [0.25, 0.3) is 0 Å². The number of methoxy groups -OCH3 is 2. The summed E-state index contributed by atoms with van der Waals surface area (Å²) in [6, 6.07) is 12.4. The van der Waals surface area contributed by atoms with Gasteiger partial charge in [-0.3, -0.25) is 14.2 Å². The number of carbonyl (C=O) groups is 1. The van der Waals surface area contributed by atoms with Crippen molar-refractivity contribution in [1.82, 2.24) is 9.55 Å². The molecule has 2 N–H and O–H groups in total. The minimum absolute atomic E-state index is 0.0249. The molecule has 0 fully saturated rings. The van der Waals surface area contributed by atoms with Crippen LogP contribution in [-0.4, -0.2) is 41.4 Å². The third-order valence-electron chi connectivity index (χ3n) is 5.27. The summed E-state index contributed by atoms with van der Waals surface area (Å²) in [7, 11) is 3.09. The first-order chi connectivity index (χ1) is 16.4. The Morgan fingerprint density at radius 2 is 1.76 bits per heavy atom. The van der Waals surface area contributed by atoms with Gasteiger partial charge in [0.15, 0.2) is 0 Å². The van der Waals surface area contributed by atoms with E-state index in [4.69, 9.17) is 14.2 Å². The summed E-state index contributed by atoms with van der Waals surface area (Å²) < 4.78 is 17.6. The molecule has 180 valence electrons. The average Bonchev–Trinajstić information content (AvgIpc) is 2.83. The molecule has 0 unspecified atom stereocenters. The van der Waals surface area contributed by atoms with Crippen molar-refractivity contribution in [1.29, 1.82) is 0 Å². The number of benzene rings is 2. The molecule has 0 aliphatic carbocycles. The molecule has 0 saturated carbocycles. The van der Waals surface area contributed by atoms with Gasteiger partial charge in [-0.05, 0) is 55.8 Å². The molecule has 0 spiro atoms. The van der Waals surface area contributed by atoms with E-state index in [9.17, 15) is 14.7 Å². The van der Waals surface area contributed by atoms with Gasteiger partial charge in [-0.1, -0.05) is 6.07 Å². The summed E-state index contributed by atoms with van der Waals surface area (Å²) in [5, 5.41) is 12.2. The molecule has 0 aliphatic heterocycles. The van der Waals surface area contributed by atoms with E-state index >= 15 is 0 Å². The van der Waals surface area contributed by atoms with Gasteiger partial charge in [0.25, 0.3) is 5.56 Å². The van der Waals surface area contributed by atoms with Crippen molar-refractivity contribution in [2.24, 2.45) is 0 Å². The minimum Gasteiger partial charge on any atom is -0.497 e. The normalized spacial score (nSPS) is 10.6. The number of rotatable bonds is 10. The highest BCUT2D eigenvalue weighted by molar-refractivity contribution is 5.92. The fraction of sp³-hybridized carbons (Fsp3) is 0.320. The van der Waals surface area contributed by atoms with E-state index in [0.717, 1.165) is 5.56 Å². The van der Waals surface area contributed by atoms with Crippen LogP contribution in [0.4, 0.5) is 5.69 Å². The monoisotopic (exact) mass is 467 g/mol. The molecule has 9 heteroatoms. The maximum absolute atomic E-state index is 13.2. The number of nitrogens with zero attached hydrogens (tertiary/aromatic N) is 2. The third-order valence-corrected chi connectivity index (χ3v) is 5.27. The van der Waals surface area contributed by atoms with Crippen LogP contribution in [-0.2, 0) is 24.4 Å². The first-order valence-electron chi connectivity index (χ1n) is 10.8. The second-order valence-electron chi connectivity index (χ2n) is 7.67. The van der Waals surface area contributed by atoms with Crippen molar-refractivity contribution in [2.45, 2.75) is 33.4 Å². The molecular weight excluding hydrogens is 438 g/mol. The fourth-order valence-corrected chi connectivity index (χ4v) is 3.50. The van der Waals surface area contributed by atoms with Crippen LogP contribution >= 0.6 is 0 Å². The van der Waals surface area contributed by atoms with Crippen LogP contribution in [0.2, 0.25) is 0 Å². The number of carbonyl (C=O) groups excluding carboxylic acids is 1. The van der Waals surface area contributed by atoms with Gasteiger partial charge >= 0.3 is 0 Å². The van der Waals surface area contributed by atoms with Crippen LogP contribution in [0.15, 0.2) is 47.3 Å². The third kappa shape index (κ3) is 5.93. The molecule has 0 saturated heterocycles. The van der Waals surface area contributed by atoms with Gasteiger partial charge in [0.2, 0.25) is 5.91 Å². The molecule has 0 bridgehead atoms. The molecule has 1 amide bonds. The molecule has 0 aliphatic rings. The van der Waals surface area contributed by atoms with Gasteiger partial charge in [0.1, 0.15) is 36.2 Å². The highest BCUT2D eigenvalue weighted by atomic mass is 16.5. The molecule has 9 nitrogen and oxygen atoms in total.